The topological polar surface area (TPSA) is 12.4 Å². The Hall–Kier alpha value is -7.61. The summed E-state index contributed by atoms with van der Waals surface area (Å²) in [6.07, 6.45) is 3.38. The minimum Gasteiger partial charge on any atom is -0.252 e. The Morgan fingerprint density at radius 1 is 0.413 bits per heavy atom. The lowest BCUT2D eigenvalue weighted by Gasteiger charge is -2.33. The van der Waals surface area contributed by atoms with Crippen LogP contribution in [0.1, 0.15) is 58.2 Å². The minimum absolute atomic E-state index is 0.185. The molecule has 0 bridgehead atoms. The third-order valence-corrected chi connectivity index (χ3v) is 14.0. The normalized spacial score (nSPS) is 16.4. The summed E-state index contributed by atoms with van der Waals surface area (Å²) in [5.74, 6) is 0.381. The van der Waals surface area contributed by atoms with Crippen molar-refractivity contribution in [2.75, 3.05) is 0 Å². The van der Waals surface area contributed by atoms with Crippen LogP contribution in [0.5, 0.6) is 0 Å². The van der Waals surface area contributed by atoms with Crippen molar-refractivity contribution >= 4 is 43.7 Å². The average Bonchev–Trinajstić information content (AvgIpc) is 3.67. The van der Waals surface area contributed by atoms with Crippen molar-refractivity contribution in [1.29, 1.82) is 0 Å². The van der Waals surface area contributed by atoms with Crippen LogP contribution in [-0.4, -0.2) is 5.71 Å². The van der Waals surface area contributed by atoms with Gasteiger partial charge < -0.3 is 0 Å². The Labute approximate surface area is 369 Å². The van der Waals surface area contributed by atoms with E-state index in [1.54, 1.807) is 0 Å². The SMILES string of the molecule is CCC1C(c2cccc3c4ccccc4c4ccc(-c5ccc6c(c5)-c5ccccc5C6(c5ccccc5)c5ccccc5)cc4c23)=NC(c2ccccc2)=CC1c1ccccc1. The first-order valence-corrected chi connectivity index (χ1v) is 22.4. The molecule has 0 saturated heterocycles. The van der Waals surface area contributed by atoms with Gasteiger partial charge in [0.1, 0.15) is 0 Å². The van der Waals surface area contributed by atoms with E-state index in [2.05, 4.69) is 237 Å². The molecule has 1 heterocycles. The van der Waals surface area contributed by atoms with Crippen molar-refractivity contribution in [3.05, 3.63) is 269 Å². The summed E-state index contributed by atoms with van der Waals surface area (Å²) >= 11 is 0. The van der Waals surface area contributed by atoms with Crippen LogP contribution < -0.4 is 0 Å². The number of hydrogen-bond donors (Lipinski definition) is 0. The molecule has 0 spiro atoms. The molecule has 2 atom stereocenters. The van der Waals surface area contributed by atoms with Gasteiger partial charge in [0.25, 0.3) is 0 Å². The van der Waals surface area contributed by atoms with Gasteiger partial charge in [0.05, 0.1) is 16.8 Å². The lowest BCUT2D eigenvalue weighted by molar-refractivity contribution is 0.594. The molecule has 0 N–H and O–H groups in total. The predicted octanol–water partition coefficient (Wildman–Crippen LogP) is 15.8. The molecule has 2 unspecified atom stereocenters. The molecule has 0 radical (unpaired) electrons. The smallest absolute Gasteiger partial charge is 0.0713 e. The second-order valence-electron chi connectivity index (χ2n) is 17.2. The van der Waals surface area contributed by atoms with Crippen molar-refractivity contribution in [2.24, 2.45) is 10.9 Å². The van der Waals surface area contributed by atoms with E-state index in [-0.39, 0.29) is 11.8 Å². The van der Waals surface area contributed by atoms with Gasteiger partial charge in [0, 0.05) is 17.4 Å². The van der Waals surface area contributed by atoms with Crippen molar-refractivity contribution in [1.82, 2.24) is 0 Å². The maximum absolute atomic E-state index is 5.67. The first-order chi connectivity index (χ1) is 31.2. The molecular weight excluding hydrogens is 759 g/mol. The van der Waals surface area contributed by atoms with Gasteiger partial charge in [-0.15, -0.1) is 0 Å². The van der Waals surface area contributed by atoms with Gasteiger partial charge in [-0.2, -0.15) is 0 Å². The number of hydrogen-bond acceptors (Lipinski definition) is 1. The maximum atomic E-state index is 5.67. The summed E-state index contributed by atoms with van der Waals surface area (Å²) in [5.41, 5.74) is 15.6. The highest BCUT2D eigenvalue weighted by Crippen LogP contribution is 2.57. The summed E-state index contributed by atoms with van der Waals surface area (Å²) in [7, 11) is 0. The fourth-order valence-electron chi connectivity index (χ4n) is 11.2. The molecule has 10 aromatic carbocycles. The molecule has 2 aliphatic rings. The third-order valence-electron chi connectivity index (χ3n) is 14.0. The molecule has 10 aromatic rings. The molecule has 1 aliphatic heterocycles. The number of aliphatic imine (C=N–C) groups is 1. The minimum atomic E-state index is -0.429. The van der Waals surface area contributed by atoms with Gasteiger partial charge in [0.15, 0.2) is 0 Å². The Morgan fingerprint density at radius 2 is 0.952 bits per heavy atom. The molecule has 63 heavy (non-hydrogen) atoms. The van der Waals surface area contributed by atoms with Gasteiger partial charge in [-0.1, -0.05) is 219 Å². The standard InChI is InChI=1S/C62H45N/c1-2-47-54(41-20-7-3-8-21-41)40-59(42-22-9-4-10-23-42)63-61(47)53-32-19-31-52-49-29-16-15-28-48(49)50-36-34-43(39-56(50)60(52)53)44-35-37-58-55(38-44)51-30-17-18-33-57(51)62(58,45-24-11-5-12-25-45)46-26-13-6-14-27-46/h3-40,47,54H,2H2,1H3. The van der Waals surface area contributed by atoms with Crippen molar-refractivity contribution < 1.29 is 0 Å². The van der Waals surface area contributed by atoms with E-state index in [0.29, 0.717) is 0 Å². The van der Waals surface area contributed by atoms with Crippen LogP contribution >= 0.6 is 0 Å². The Morgan fingerprint density at radius 3 is 1.67 bits per heavy atom. The fourth-order valence-corrected chi connectivity index (χ4v) is 11.2. The van der Waals surface area contributed by atoms with Gasteiger partial charge >= 0.3 is 0 Å². The number of fused-ring (bicyclic) bond motifs is 9. The second kappa shape index (κ2) is 15.1. The number of allylic oxidation sites excluding steroid dienone is 1. The van der Waals surface area contributed by atoms with E-state index in [1.807, 2.05) is 0 Å². The molecule has 1 heteroatoms. The summed E-state index contributed by atoms with van der Waals surface area (Å²) < 4.78 is 0. The van der Waals surface area contributed by atoms with E-state index in [4.69, 9.17) is 4.99 Å². The molecule has 1 aliphatic carbocycles. The van der Waals surface area contributed by atoms with Crippen molar-refractivity contribution in [3.8, 4) is 22.3 Å². The molecule has 0 aromatic heterocycles. The summed E-state index contributed by atoms with van der Waals surface area (Å²) in [6, 6.07) is 83.1. The van der Waals surface area contributed by atoms with Crippen LogP contribution in [0, 0.1) is 5.92 Å². The van der Waals surface area contributed by atoms with E-state index in [0.717, 1.165) is 23.4 Å². The van der Waals surface area contributed by atoms with Crippen LogP contribution in [0.25, 0.3) is 60.3 Å². The first-order valence-electron chi connectivity index (χ1n) is 22.4. The summed E-state index contributed by atoms with van der Waals surface area (Å²) in [4.78, 5) is 5.67. The van der Waals surface area contributed by atoms with Crippen LogP contribution in [0.3, 0.4) is 0 Å². The zero-order chi connectivity index (χ0) is 41.9. The maximum Gasteiger partial charge on any atom is 0.0713 e. The highest BCUT2D eigenvalue weighted by atomic mass is 14.8. The van der Waals surface area contributed by atoms with Gasteiger partial charge in [-0.05, 0) is 113 Å². The molecule has 12 rings (SSSR count). The van der Waals surface area contributed by atoms with Crippen molar-refractivity contribution in [2.45, 2.75) is 24.7 Å². The second-order valence-corrected chi connectivity index (χ2v) is 17.2. The first kappa shape index (κ1) is 37.2. The lowest BCUT2D eigenvalue weighted by atomic mass is 9.67. The Bertz CT molecular complexity index is 3380. The zero-order valence-corrected chi connectivity index (χ0v) is 35.2. The van der Waals surface area contributed by atoms with Crippen LogP contribution in [0.4, 0.5) is 0 Å². The summed E-state index contributed by atoms with van der Waals surface area (Å²) in [6.45, 7) is 2.32. The highest BCUT2D eigenvalue weighted by molar-refractivity contribution is 6.31. The molecule has 1 nitrogen and oxygen atoms in total. The molecule has 0 amide bonds. The summed E-state index contributed by atoms with van der Waals surface area (Å²) in [5, 5.41) is 7.58. The lowest BCUT2D eigenvalue weighted by Crippen LogP contribution is -2.28. The molecular formula is C62H45N. The number of rotatable bonds is 7. The number of benzene rings is 10. The van der Waals surface area contributed by atoms with Crippen LogP contribution in [0.15, 0.2) is 236 Å². The van der Waals surface area contributed by atoms with Crippen LogP contribution in [-0.2, 0) is 5.41 Å². The molecule has 298 valence electrons. The largest absolute Gasteiger partial charge is 0.252 e. The van der Waals surface area contributed by atoms with E-state index >= 15 is 0 Å². The molecule has 0 fully saturated rings. The van der Waals surface area contributed by atoms with Gasteiger partial charge in [0.2, 0.25) is 0 Å². The fraction of sp³-hybridized carbons (Fsp3) is 0.0806. The monoisotopic (exact) mass is 803 g/mol. The third kappa shape index (κ3) is 5.80. The van der Waals surface area contributed by atoms with E-state index in [1.165, 1.54) is 88.0 Å². The van der Waals surface area contributed by atoms with E-state index < -0.39 is 5.41 Å². The van der Waals surface area contributed by atoms with Crippen LogP contribution in [0.2, 0.25) is 0 Å². The van der Waals surface area contributed by atoms with Crippen molar-refractivity contribution in [3.63, 3.8) is 0 Å². The Kier molecular flexibility index (Phi) is 8.90. The highest BCUT2D eigenvalue weighted by Gasteiger charge is 2.46. The van der Waals surface area contributed by atoms with E-state index in [9.17, 15) is 0 Å². The number of nitrogens with zero attached hydrogens (tertiary/aromatic N) is 1. The molecule has 0 saturated carbocycles. The zero-order valence-electron chi connectivity index (χ0n) is 35.2. The average molecular weight is 804 g/mol. The van der Waals surface area contributed by atoms with Gasteiger partial charge in [-0.3, -0.25) is 4.99 Å². The predicted molar refractivity (Wildman–Crippen MR) is 266 cm³/mol. The quantitative estimate of drug-likeness (QED) is 0.142. The van der Waals surface area contributed by atoms with Gasteiger partial charge in [-0.25, -0.2) is 0 Å². The Balaban J connectivity index is 1.10.